The summed E-state index contributed by atoms with van der Waals surface area (Å²) in [5, 5.41) is 1.04. The smallest absolute Gasteiger partial charge is 0.224 e. The van der Waals surface area contributed by atoms with Crippen molar-refractivity contribution in [2.75, 3.05) is 5.12 Å². The van der Waals surface area contributed by atoms with Crippen molar-refractivity contribution in [3.63, 3.8) is 0 Å². The van der Waals surface area contributed by atoms with E-state index < -0.39 is 0 Å². The zero-order chi connectivity index (χ0) is 8.10. The molecule has 0 saturated heterocycles. The molecule has 1 rings (SSSR count). The molecule has 1 aromatic carbocycles. The van der Waals surface area contributed by atoms with Crippen LogP contribution in [0.15, 0.2) is 34.8 Å². The van der Waals surface area contributed by atoms with Gasteiger partial charge in [0.2, 0.25) is 11.5 Å². The second-order valence-electron chi connectivity index (χ2n) is 1.84. The summed E-state index contributed by atoms with van der Waals surface area (Å²) in [5.74, 6) is 5.35. The van der Waals surface area contributed by atoms with Gasteiger partial charge < -0.3 is 0 Å². The average molecular weight is 206 g/mol. The summed E-state index contributed by atoms with van der Waals surface area (Å²) in [6.07, 6.45) is 0. The van der Waals surface area contributed by atoms with Crippen molar-refractivity contribution < 1.29 is 4.21 Å². The summed E-state index contributed by atoms with van der Waals surface area (Å²) in [4.78, 5) is 0. The molecule has 1 aromatic rings. The van der Waals surface area contributed by atoms with E-state index in [1.54, 1.807) is 12.1 Å². The largest absolute Gasteiger partial charge is 0.225 e. The summed E-state index contributed by atoms with van der Waals surface area (Å²) in [5.41, 5.74) is 0.691. The number of hydrogen-bond donors (Lipinski definition) is 1. The van der Waals surface area contributed by atoms with E-state index in [-0.39, 0.29) is 23.9 Å². The number of halogens is 1. The third-order valence-corrected chi connectivity index (χ3v) is 1.38. The molecule has 66 valence electrons. The molecule has 0 atom stereocenters. The van der Waals surface area contributed by atoms with Crippen LogP contribution in [0.4, 0.5) is 5.69 Å². The number of hydrogen-bond acceptors (Lipinski definition) is 3. The lowest BCUT2D eigenvalue weighted by Gasteiger charge is -2.07. The molecule has 4 nitrogen and oxygen atoms in total. The monoisotopic (exact) mass is 205 g/mol. The van der Waals surface area contributed by atoms with Gasteiger partial charge in [0.1, 0.15) is 0 Å². The fourth-order valence-corrected chi connectivity index (χ4v) is 0.830. The van der Waals surface area contributed by atoms with Gasteiger partial charge in [0, 0.05) is 0 Å². The molecule has 0 bridgehead atoms. The fraction of sp³-hybridized carbons (Fsp3) is 0. The van der Waals surface area contributed by atoms with E-state index in [0.29, 0.717) is 5.69 Å². The van der Waals surface area contributed by atoms with Crippen molar-refractivity contribution in [1.29, 1.82) is 0 Å². The minimum absolute atomic E-state index is 0. The standard InChI is InChI=1S/C6H7N3OS.ClH/c7-9(8-11-10)6-4-2-1-3-5-6;/h1-5H,7H2;1H. The van der Waals surface area contributed by atoms with Gasteiger partial charge in [-0.15, -0.1) is 12.4 Å². The van der Waals surface area contributed by atoms with Crippen LogP contribution in [0.2, 0.25) is 0 Å². The Kier molecular flexibility index (Phi) is 5.27. The van der Waals surface area contributed by atoms with Gasteiger partial charge in [0.25, 0.3) is 0 Å². The quantitative estimate of drug-likeness (QED) is 0.581. The maximum atomic E-state index is 9.94. The molecule has 0 fully saturated rings. The molecule has 2 N–H and O–H groups in total. The number of benzene rings is 1. The van der Waals surface area contributed by atoms with Crippen LogP contribution in [0, 0.1) is 0 Å². The van der Waals surface area contributed by atoms with E-state index in [1.165, 1.54) is 0 Å². The molecular formula is C6H8ClN3OS. The highest BCUT2D eigenvalue weighted by Crippen LogP contribution is 2.08. The van der Waals surface area contributed by atoms with Gasteiger partial charge in [-0.2, -0.15) is 9.33 Å². The predicted octanol–water partition coefficient (Wildman–Crippen LogP) is 1.10. The summed E-state index contributed by atoms with van der Waals surface area (Å²) >= 11 is 0.0805. The lowest BCUT2D eigenvalue weighted by molar-refractivity contribution is 0.695. The van der Waals surface area contributed by atoms with E-state index in [1.807, 2.05) is 18.2 Å². The van der Waals surface area contributed by atoms with Gasteiger partial charge in [-0.1, -0.05) is 22.7 Å². The Hall–Kier alpha value is -0.910. The zero-order valence-corrected chi connectivity index (χ0v) is 7.72. The Bertz CT molecular complexity index is 275. The number of nitrogens with zero attached hydrogens (tertiary/aromatic N) is 2. The van der Waals surface area contributed by atoms with Crippen LogP contribution in [0.3, 0.4) is 0 Å². The minimum Gasteiger partial charge on any atom is -0.225 e. The van der Waals surface area contributed by atoms with Crippen LogP contribution in [0.25, 0.3) is 0 Å². The average Bonchev–Trinajstić information content (AvgIpc) is 2.07. The Morgan fingerprint density at radius 1 is 1.33 bits per heavy atom. The second-order valence-corrected chi connectivity index (χ2v) is 2.15. The number of para-hydroxylation sites is 1. The van der Waals surface area contributed by atoms with E-state index in [9.17, 15) is 4.21 Å². The maximum Gasteiger partial charge on any atom is 0.224 e. The molecule has 0 spiro atoms. The molecule has 0 aromatic heterocycles. The van der Waals surface area contributed by atoms with E-state index >= 15 is 0 Å². The van der Waals surface area contributed by atoms with Crippen molar-refractivity contribution in [2.24, 2.45) is 10.3 Å². The first kappa shape index (κ1) is 11.1. The van der Waals surface area contributed by atoms with Gasteiger partial charge in [-0.05, 0) is 12.1 Å². The number of rotatable bonds is 2. The topological polar surface area (TPSA) is 58.7 Å². The zero-order valence-electron chi connectivity index (χ0n) is 6.08. The molecule has 0 aliphatic carbocycles. The first-order valence-corrected chi connectivity index (χ1v) is 3.64. The predicted molar refractivity (Wildman–Crippen MR) is 50.9 cm³/mol. The molecule has 6 heteroatoms. The molecular weight excluding hydrogens is 198 g/mol. The maximum absolute atomic E-state index is 9.94. The lowest BCUT2D eigenvalue weighted by atomic mass is 10.3. The van der Waals surface area contributed by atoms with Crippen molar-refractivity contribution in [3.8, 4) is 0 Å². The summed E-state index contributed by atoms with van der Waals surface area (Å²) in [6.45, 7) is 0. The van der Waals surface area contributed by atoms with E-state index in [0.717, 1.165) is 5.12 Å². The highest BCUT2D eigenvalue weighted by atomic mass is 35.5. The normalized spacial score (nSPS) is 8.08. The van der Waals surface area contributed by atoms with Crippen LogP contribution < -0.4 is 11.0 Å². The van der Waals surface area contributed by atoms with Gasteiger partial charge in [0.15, 0.2) is 0 Å². The molecule has 0 unspecified atom stereocenters. The van der Waals surface area contributed by atoms with Crippen LogP contribution in [0.5, 0.6) is 0 Å². The van der Waals surface area contributed by atoms with Crippen molar-refractivity contribution in [1.82, 2.24) is 0 Å². The highest BCUT2D eigenvalue weighted by Gasteiger charge is 1.94. The van der Waals surface area contributed by atoms with E-state index in [2.05, 4.69) is 4.47 Å². The van der Waals surface area contributed by atoms with Crippen molar-refractivity contribution in [2.45, 2.75) is 0 Å². The van der Waals surface area contributed by atoms with Crippen LogP contribution in [-0.4, -0.2) is 4.21 Å². The Morgan fingerprint density at radius 2 is 1.92 bits per heavy atom. The van der Waals surface area contributed by atoms with Crippen LogP contribution in [0.1, 0.15) is 0 Å². The Morgan fingerprint density at radius 3 is 2.42 bits per heavy atom. The third-order valence-electron chi connectivity index (χ3n) is 1.14. The number of nitrogens with two attached hydrogens (primary N) is 1. The molecule has 12 heavy (non-hydrogen) atoms. The van der Waals surface area contributed by atoms with Gasteiger partial charge >= 0.3 is 0 Å². The number of hydrazine groups is 1. The SMILES string of the molecule is Cl.NN(N=S=O)c1ccccc1. The summed E-state index contributed by atoms with van der Waals surface area (Å²) in [7, 11) is 0. The first-order valence-electron chi connectivity index (χ1n) is 2.94. The Balaban J connectivity index is 0.00000121. The second kappa shape index (κ2) is 5.70. The summed E-state index contributed by atoms with van der Waals surface area (Å²) < 4.78 is 13.3. The molecule has 0 amide bonds. The molecule has 0 saturated carbocycles. The van der Waals surface area contributed by atoms with Gasteiger partial charge in [-0.25, -0.2) is 5.84 Å². The van der Waals surface area contributed by atoms with Gasteiger partial charge in [-0.3, -0.25) is 0 Å². The van der Waals surface area contributed by atoms with Gasteiger partial charge in [0.05, 0.1) is 5.69 Å². The Labute approximate surface area is 80.0 Å². The van der Waals surface area contributed by atoms with Crippen molar-refractivity contribution >= 4 is 29.6 Å². The minimum atomic E-state index is 0. The summed E-state index contributed by atoms with van der Waals surface area (Å²) in [6, 6.07) is 9.03. The molecule has 0 heterocycles. The molecule has 0 aliphatic rings. The van der Waals surface area contributed by atoms with E-state index in [4.69, 9.17) is 5.84 Å². The molecule has 0 radical (unpaired) electrons. The third kappa shape index (κ3) is 3.00. The number of anilines is 1. The highest BCUT2D eigenvalue weighted by molar-refractivity contribution is 7.54. The molecule has 0 aliphatic heterocycles. The van der Waals surface area contributed by atoms with Crippen molar-refractivity contribution in [3.05, 3.63) is 30.3 Å². The lowest BCUT2D eigenvalue weighted by Crippen LogP contribution is -2.23. The first-order chi connectivity index (χ1) is 5.34. The van der Waals surface area contributed by atoms with Crippen LogP contribution in [-0.2, 0) is 11.5 Å². The van der Waals surface area contributed by atoms with Crippen LogP contribution >= 0.6 is 12.4 Å². The fourth-order valence-electron chi connectivity index (χ4n) is 0.664.